The average Bonchev–Trinajstić information content (AvgIpc) is 2.30. The maximum absolute atomic E-state index is 12.3. The summed E-state index contributed by atoms with van der Waals surface area (Å²) in [5.74, 6) is 0.539. The lowest BCUT2D eigenvalue weighted by molar-refractivity contribution is 0.0728. The number of halogens is 1. The molecule has 3 nitrogen and oxygen atoms in total. The molecule has 1 atom stereocenters. The SMILES string of the molecule is CC(C)CC(C)N(C)C(=O)c1ccc(Cl)c(N)c1. The number of nitrogens with zero attached hydrogens (tertiary/aromatic N) is 1. The van der Waals surface area contributed by atoms with Crippen LogP contribution in [0.3, 0.4) is 0 Å². The molecule has 1 aromatic carbocycles. The second-order valence-corrected chi connectivity index (χ2v) is 5.54. The zero-order valence-electron chi connectivity index (χ0n) is 11.4. The minimum atomic E-state index is -0.0217. The van der Waals surface area contributed by atoms with Crippen molar-refractivity contribution in [2.75, 3.05) is 12.8 Å². The fourth-order valence-electron chi connectivity index (χ4n) is 1.92. The molecule has 1 unspecified atom stereocenters. The van der Waals surface area contributed by atoms with Gasteiger partial charge in [-0.25, -0.2) is 0 Å². The Balaban J connectivity index is 2.82. The molecule has 4 heteroatoms. The van der Waals surface area contributed by atoms with Gasteiger partial charge >= 0.3 is 0 Å². The van der Waals surface area contributed by atoms with Crippen LogP contribution in [-0.4, -0.2) is 23.9 Å². The first kappa shape index (κ1) is 14.8. The summed E-state index contributed by atoms with van der Waals surface area (Å²) in [5, 5.41) is 0.476. The predicted octanol–water partition coefficient (Wildman–Crippen LogP) is 3.43. The van der Waals surface area contributed by atoms with Crippen molar-refractivity contribution in [2.24, 2.45) is 5.92 Å². The van der Waals surface area contributed by atoms with E-state index in [1.54, 1.807) is 23.1 Å². The van der Waals surface area contributed by atoms with Crippen LogP contribution in [0.5, 0.6) is 0 Å². The third-order valence-electron chi connectivity index (χ3n) is 3.04. The molecular weight excluding hydrogens is 248 g/mol. The second kappa shape index (κ2) is 6.10. The van der Waals surface area contributed by atoms with E-state index in [-0.39, 0.29) is 11.9 Å². The molecular formula is C14H21ClN2O. The maximum atomic E-state index is 12.3. The third-order valence-corrected chi connectivity index (χ3v) is 3.38. The lowest BCUT2D eigenvalue weighted by Gasteiger charge is -2.26. The van der Waals surface area contributed by atoms with Gasteiger partial charge in [-0.1, -0.05) is 25.4 Å². The number of hydrogen-bond acceptors (Lipinski definition) is 2. The summed E-state index contributed by atoms with van der Waals surface area (Å²) in [6.45, 7) is 6.35. The van der Waals surface area contributed by atoms with Gasteiger partial charge in [-0.15, -0.1) is 0 Å². The van der Waals surface area contributed by atoms with Crippen LogP contribution in [0.15, 0.2) is 18.2 Å². The van der Waals surface area contributed by atoms with E-state index in [9.17, 15) is 4.79 Å². The molecule has 0 fully saturated rings. The molecule has 0 radical (unpaired) electrons. The molecule has 1 rings (SSSR count). The van der Waals surface area contributed by atoms with Crippen LogP contribution in [0.25, 0.3) is 0 Å². The molecule has 0 aliphatic rings. The number of nitrogens with two attached hydrogens (primary N) is 1. The van der Waals surface area contributed by atoms with Crippen molar-refractivity contribution in [3.63, 3.8) is 0 Å². The Bertz CT molecular complexity index is 432. The Morgan fingerprint density at radius 1 is 1.39 bits per heavy atom. The standard InChI is InChI=1S/C14H21ClN2O/c1-9(2)7-10(3)17(4)14(18)11-5-6-12(15)13(16)8-11/h5-6,8-10H,7,16H2,1-4H3. The quantitative estimate of drug-likeness (QED) is 0.851. The number of hydrogen-bond donors (Lipinski definition) is 1. The number of carbonyl (C=O) groups excluding carboxylic acids is 1. The summed E-state index contributed by atoms with van der Waals surface area (Å²) >= 11 is 5.85. The van der Waals surface area contributed by atoms with Crippen LogP contribution < -0.4 is 5.73 Å². The molecule has 0 aliphatic carbocycles. The van der Waals surface area contributed by atoms with E-state index in [4.69, 9.17) is 17.3 Å². The second-order valence-electron chi connectivity index (χ2n) is 5.13. The highest BCUT2D eigenvalue weighted by Gasteiger charge is 2.18. The Morgan fingerprint density at radius 3 is 2.50 bits per heavy atom. The summed E-state index contributed by atoms with van der Waals surface area (Å²) in [5.41, 5.74) is 6.73. The molecule has 100 valence electrons. The molecule has 0 bridgehead atoms. The molecule has 1 aromatic rings. The Kier molecular flexibility index (Phi) is 5.03. The van der Waals surface area contributed by atoms with E-state index >= 15 is 0 Å². The fraction of sp³-hybridized carbons (Fsp3) is 0.500. The lowest BCUT2D eigenvalue weighted by atomic mass is 10.0. The van der Waals surface area contributed by atoms with Crippen molar-refractivity contribution in [2.45, 2.75) is 33.2 Å². The summed E-state index contributed by atoms with van der Waals surface area (Å²) in [7, 11) is 1.82. The number of carbonyl (C=O) groups is 1. The van der Waals surface area contributed by atoms with Gasteiger partial charge in [-0.3, -0.25) is 4.79 Å². The highest BCUT2D eigenvalue weighted by Crippen LogP contribution is 2.21. The highest BCUT2D eigenvalue weighted by molar-refractivity contribution is 6.33. The summed E-state index contributed by atoms with van der Waals surface area (Å²) in [4.78, 5) is 14.0. The van der Waals surface area contributed by atoms with E-state index in [0.29, 0.717) is 22.2 Å². The highest BCUT2D eigenvalue weighted by atomic mass is 35.5. The number of rotatable bonds is 4. The van der Waals surface area contributed by atoms with Gasteiger partial charge in [0.15, 0.2) is 0 Å². The van der Waals surface area contributed by atoms with Gasteiger partial charge in [0.05, 0.1) is 10.7 Å². The monoisotopic (exact) mass is 268 g/mol. The zero-order valence-corrected chi connectivity index (χ0v) is 12.2. The van der Waals surface area contributed by atoms with Crippen LogP contribution in [0.4, 0.5) is 5.69 Å². The number of nitrogen functional groups attached to an aromatic ring is 1. The van der Waals surface area contributed by atoms with Crippen molar-refractivity contribution in [3.05, 3.63) is 28.8 Å². The van der Waals surface area contributed by atoms with Crippen molar-refractivity contribution in [3.8, 4) is 0 Å². The van der Waals surface area contributed by atoms with Crippen LogP contribution in [0.2, 0.25) is 5.02 Å². The fourth-order valence-corrected chi connectivity index (χ4v) is 2.04. The molecule has 0 saturated carbocycles. The van der Waals surface area contributed by atoms with Gasteiger partial charge in [-0.2, -0.15) is 0 Å². The molecule has 1 amide bonds. The molecule has 0 aliphatic heterocycles. The smallest absolute Gasteiger partial charge is 0.253 e. The van der Waals surface area contributed by atoms with E-state index in [2.05, 4.69) is 20.8 Å². The number of anilines is 1. The van der Waals surface area contributed by atoms with E-state index < -0.39 is 0 Å². The van der Waals surface area contributed by atoms with Gasteiger partial charge in [0.2, 0.25) is 0 Å². The van der Waals surface area contributed by atoms with Crippen LogP contribution in [0, 0.1) is 5.92 Å². The minimum absolute atomic E-state index is 0.0217. The van der Waals surface area contributed by atoms with Crippen molar-refractivity contribution in [1.82, 2.24) is 4.90 Å². The van der Waals surface area contributed by atoms with E-state index in [0.717, 1.165) is 6.42 Å². The van der Waals surface area contributed by atoms with Gasteiger partial charge in [-0.05, 0) is 37.5 Å². The van der Waals surface area contributed by atoms with Crippen molar-refractivity contribution in [1.29, 1.82) is 0 Å². The van der Waals surface area contributed by atoms with Crippen LogP contribution in [-0.2, 0) is 0 Å². The van der Waals surface area contributed by atoms with Gasteiger partial charge in [0.1, 0.15) is 0 Å². The molecule has 0 heterocycles. The van der Waals surface area contributed by atoms with Gasteiger partial charge < -0.3 is 10.6 Å². The molecule has 0 aromatic heterocycles. The first-order chi connectivity index (χ1) is 8.32. The summed E-state index contributed by atoms with van der Waals surface area (Å²) < 4.78 is 0. The Labute approximate surface area is 114 Å². The Hall–Kier alpha value is -1.22. The lowest BCUT2D eigenvalue weighted by Crippen LogP contribution is -2.35. The molecule has 0 saturated heterocycles. The first-order valence-electron chi connectivity index (χ1n) is 6.15. The third kappa shape index (κ3) is 3.64. The normalized spacial score (nSPS) is 12.6. The van der Waals surface area contributed by atoms with Crippen molar-refractivity contribution < 1.29 is 4.79 Å². The van der Waals surface area contributed by atoms with Crippen molar-refractivity contribution >= 4 is 23.2 Å². The molecule has 0 spiro atoms. The number of amides is 1. The topological polar surface area (TPSA) is 46.3 Å². The van der Waals surface area contributed by atoms with Gasteiger partial charge in [0, 0.05) is 18.7 Å². The van der Waals surface area contributed by atoms with E-state index in [1.807, 2.05) is 7.05 Å². The Morgan fingerprint density at radius 2 is 2.00 bits per heavy atom. The molecule has 18 heavy (non-hydrogen) atoms. The van der Waals surface area contributed by atoms with Gasteiger partial charge in [0.25, 0.3) is 5.91 Å². The van der Waals surface area contributed by atoms with Crippen LogP contribution >= 0.6 is 11.6 Å². The average molecular weight is 269 g/mol. The largest absolute Gasteiger partial charge is 0.398 e. The zero-order chi connectivity index (χ0) is 13.9. The molecule has 2 N–H and O–H groups in total. The first-order valence-corrected chi connectivity index (χ1v) is 6.53. The predicted molar refractivity (Wildman–Crippen MR) is 76.9 cm³/mol. The summed E-state index contributed by atoms with van der Waals surface area (Å²) in [6.07, 6.45) is 0.977. The minimum Gasteiger partial charge on any atom is -0.398 e. The summed E-state index contributed by atoms with van der Waals surface area (Å²) in [6, 6.07) is 5.20. The maximum Gasteiger partial charge on any atom is 0.253 e. The number of benzene rings is 1. The van der Waals surface area contributed by atoms with Crippen LogP contribution in [0.1, 0.15) is 37.6 Å². The van der Waals surface area contributed by atoms with E-state index in [1.165, 1.54) is 0 Å².